The van der Waals surface area contributed by atoms with Gasteiger partial charge in [0.1, 0.15) is 23.2 Å². The Morgan fingerprint density at radius 1 is 1.35 bits per heavy atom. The van der Waals surface area contributed by atoms with Crippen molar-refractivity contribution in [3.05, 3.63) is 17.7 Å². The monoisotopic (exact) mass is 242 g/mol. The summed E-state index contributed by atoms with van der Waals surface area (Å²) < 4.78 is 8.24. The number of aromatic nitrogens is 2. The van der Waals surface area contributed by atoms with Gasteiger partial charge in [-0.1, -0.05) is 6.07 Å². The van der Waals surface area contributed by atoms with E-state index >= 15 is 0 Å². The maximum Gasteiger partial charge on any atom is 0.237 e. The number of nitrogens with one attached hydrogen (secondary N) is 1. The highest BCUT2D eigenvalue weighted by Gasteiger charge is 2.08. The van der Waals surface area contributed by atoms with E-state index < -0.39 is 0 Å². The largest absolute Gasteiger partial charge is 0.274 e. The summed E-state index contributed by atoms with van der Waals surface area (Å²) in [5.41, 5.74) is 5.49. The number of fused-ring (bicyclic) bond motifs is 1. The van der Waals surface area contributed by atoms with Gasteiger partial charge in [0.2, 0.25) is 5.71 Å². The summed E-state index contributed by atoms with van der Waals surface area (Å²) in [6.07, 6.45) is 0. The predicted octanol–water partition coefficient (Wildman–Crippen LogP) is 1.81. The van der Waals surface area contributed by atoms with Crippen LogP contribution in [0.4, 0.5) is 5.69 Å². The first-order valence-corrected chi connectivity index (χ1v) is 5.35. The van der Waals surface area contributed by atoms with Crippen LogP contribution < -0.4 is 5.43 Å². The van der Waals surface area contributed by atoms with Crippen molar-refractivity contribution < 1.29 is 0 Å². The minimum absolute atomic E-state index is 0.232. The van der Waals surface area contributed by atoms with Crippen molar-refractivity contribution in [2.24, 2.45) is 5.10 Å². The van der Waals surface area contributed by atoms with Gasteiger partial charge in [-0.25, -0.2) is 0 Å². The number of nitriles is 2. The summed E-state index contributed by atoms with van der Waals surface area (Å²) in [5.74, 6) is 0. The third-order valence-electron chi connectivity index (χ3n) is 2.13. The maximum atomic E-state index is 8.58. The van der Waals surface area contributed by atoms with Crippen LogP contribution in [0.3, 0.4) is 0 Å². The maximum absolute atomic E-state index is 8.58. The van der Waals surface area contributed by atoms with Crippen LogP contribution in [0.5, 0.6) is 0 Å². The molecule has 1 aromatic heterocycles. The number of rotatable bonds is 2. The van der Waals surface area contributed by atoms with E-state index in [4.69, 9.17) is 10.5 Å². The molecule has 2 rings (SSSR count). The lowest BCUT2D eigenvalue weighted by Crippen LogP contribution is -1.98. The van der Waals surface area contributed by atoms with Gasteiger partial charge < -0.3 is 0 Å². The molecule has 6 nitrogen and oxygen atoms in total. The van der Waals surface area contributed by atoms with Crippen molar-refractivity contribution in [3.8, 4) is 12.1 Å². The zero-order valence-corrected chi connectivity index (χ0v) is 9.62. The second kappa shape index (κ2) is 4.56. The molecule has 82 valence electrons. The molecule has 0 aliphatic heterocycles. The average molecular weight is 242 g/mol. The van der Waals surface area contributed by atoms with Gasteiger partial charge in [-0.2, -0.15) is 24.4 Å². The molecule has 1 heterocycles. The fourth-order valence-corrected chi connectivity index (χ4v) is 1.82. The van der Waals surface area contributed by atoms with E-state index in [2.05, 4.69) is 19.3 Å². The summed E-state index contributed by atoms with van der Waals surface area (Å²) in [6.45, 7) is 1.88. The third kappa shape index (κ3) is 2.05. The first-order valence-electron chi connectivity index (χ1n) is 4.62. The molecule has 7 heteroatoms. The number of benzene rings is 1. The van der Waals surface area contributed by atoms with Crippen LogP contribution >= 0.6 is 11.7 Å². The fourth-order valence-electron chi connectivity index (χ4n) is 1.28. The van der Waals surface area contributed by atoms with E-state index in [0.717, 1.165) is 22.8 Å². The summed E-state index contributed by atoms with van der Waals surface area (Å²) in [5, 5.41) is 20.9. The van der Waals surface area contributed by atoms with Crippen molar-refractivity contribution in [1.82, 2.24) is 8.75 Å². The second-order valence-corrected chi connectivity index (χ2v) is 3.71. The molecule has 0 saturated carbocycles. The van der Waals surface area contributed by atoms with E-state index in [1.807, 2.05) is 19.1 Å². The zero-order chi connectivity index (χ0) is 12.3. The van der Waals surface area contributed by atoms with Gasteiger partial charge in [-0.05, 0) is 18.6 Å². The van der Waals surface area contributed by atoms with Gasteiger partial charge in [0.15, 0.2) is 0 Å². The molecule has 0 atom stereocenters. The Balaban J connectivity index is 2.46. The van der Waals surface area contributed by atoms with E-state index in [-0.39, 0.29) is 5.71 Å². The molecule has 0 aliphatic rings. The molecule has 0 bridgehead atoms. The van der Waals surface area contributed by atoms with Gasteiger partial charge in [0, 0.05) is 0 Å². The number of aryl methyl sites for hydroxylation is 1. The molecule has 0 fully saturated rings. The van der Waals surface area contributed by atoms with E-state index in [0.29, 0.717) is 11.2 Å². The van der Waals surface area contributed by atoms with Gasteiger partial charge >= 0.3 is 0 Å². The Morgan fingerprint density at radius 2 is 2.12 bits per heavy atom. The van der Waals surface area contributed by atoms with Crippen LogP contribution in [0.25, 0.3) is 11.0 Å². The van der Waals surface area contributed by atoms with Crippen LogP contribution in [0.2, 0.25) is 0 Å². The van der Waals surface area contributed by atoms with Crippen LogP contribution in [0.1, 0.15) is 5.56 Å². The molecular weight excluding hydrogens is 236 g/mol. The van der Waals surface area contributed by atoms with Crippen molar-refractivity contribution in [3.63, 3.8) is 0 Å². The summed E-state index contributed by atoms with van der Waals surface area (Å²) in [4.78, 5) is 0. The molecule has 17 heavy (non-hydrogen) atoms. The molecule has 0 unspecified atom stereocenters. The smallest absolute Gasteiger partial charge is 0.237 e. The van der Waals surface area contributed by atoms with Gasteiger partial charge in [0.05, 0.1) is 17.4 Å². The van der Waals surface area contributed by atoms with Crippen LogP contribution in [0.15, 0.2) is 17.2 Å². The van der Waals surface area contributed by atoms with Crippen LogP contribution in [-0.2, 0) is 0 Å². The van der Waals surface area contributed by atoms with Gasteiger partial charge in [-0.3, -0.25) is 5.43 Å². The van der Waals surface area contributed by atoms with Gasteiger partial charge in [-0.15, -0.1) is 0 Å². The van der Waals surface area contributed by atoms with Crippen molar-refractivity contribution in [2.45, 2.75) is 6.92 Å². The number of hydrogen-bond acceptors (Lipinski definition) is 7. The molecule has 0 aliphatic carbocycles. The number of anilines is 1. The molecule has 1 N–H and O–H groups in total. The minimum Gasteiger partial charge on any atom is -0.274 e. The highest BCUT2D eigenvalue weighted by molar-refractivity contribution is 7.00. The normalized spacial score (nSPS) is 9.35. The Hall–Kier alpha value is -2.51. The minimum atomic E-state index is -0.232. The summed E-state index contributed by atoms with van der Waals surface area (Å²) >= 11 is 1.10. The average Bonchev–Trinajstić information content (AvgIpc) is 2.81. The molecule has 0 saturated heterocycles. The fraction of sp³-hybridized carbons (Fsp3) is 0.100. The van der Waals surface area contributed by atoms with E-state index in [1.54, 1.807) is 12.1 Å². The molecular formula is C10H6N6S. The lowest BCUT2D eigenvalue weighted by atomic mass is 10.2. The van der Waals surface area contributed by atoms with Crippen molar-refractivity contribution in [2.75, 3.05) is 5.43 Å². The van der Waals surface area contributed by atoms with Crippen molar-refractivity contribution in [1.29, 1.82) is 10.5 Å². The standard InChI is InChI=1S/C10H6N6S/c1-6-2-3-8-10(16-17-15-8)9(6)14-13-7(4-11)5-12/h2-3,14H,1H3. The number of hydrogen-bond donors (Lipinski definition) is 1. The Morgan fingerprint density at radius 3 is 2.82 bits per heavy atom. The van der Waals surface area contributed by atoms with E-state index in [1.165, 1.54) is 0 Å². The highest BCUT2D eigenvalue weighted by Crippen LogP contribution is 2.25. The summed E-state index contributed by atoms with van der Waals surface area (Å²) in [6, 6.07) is 7.09. The van der Waals surface area contributed by atoms with Crippen molar-refractivity contribution >= 4 is 34.2 Å². The molecule has 0 amide bonds. The van der Waals surface area contributed by atoms with E-state index in [9.17, 15) is 0 Å². The second-order valence-electron chi connectivity index (χ2n) is 3.19. The SMILES string of the molecule is Cc1ccc2nsnc2c1NN=C(C#N)C#N. The summed E-state index contributed by atoms with van der Waals surface area (Å²) in [7, 11) is 0. The first-order chi connectivity index (χ1) is 8.26. The number of nitrogens with zero attached hydrogens (tertiary/aromatic N) is 5. The highest BCUT2D eigenvalue weighted by atomic mass is 32.1. The number of hydrazone groups is 1. The van der Waals surface area contributed by atoms with Gasteiger partial charge in [0.25, 0.3) is 0 Å². The third-order valence-corrected chi connectivity index (χ3v) is 2.67. The van der Waals surface area contributed by atoms with Crippen LogP contribution in [-0.4, -0.2) is 14.5 Å². The lowest BCUT2D eigenvalue weighted by molar-refractivity contribution is 1.31. The molecule has 1 aromatic carbocycles. The first kappa shape index (κ1) is 11.0. The quantitative estimate of drug-likeness (QED) is 0.639. The molecule has 0 spiro atoms. The predicted molar refractivity (Wildman–Crippen MR) is 64.4 cm³/mol. The lowest BCUT2D eigenvalue weighted by Gasteiger charge is -2.04. The molecule has 2 aromatic rings. The zero-order valence-electron chi connectivity index (χ0n) is 8.80. The molecule has 0 radical (unpaired) electrons. The Kier molecular flexibility index (Phi) is 2.95. The Bertz CT molecular complexity index is 656. The van der Waals surface area contributed by atoms with Crippen LogP contribution in [0, 0.1) is 29.6 Å². The Labute approximate surface area is 101 Å². The topological polar surface area (TPSA) is 97.8 Å².